The first-order chi connectivity index (χ1) is 12.4. The van der Waals surface area contributed by atoms with Gasteiger partial charge in [-0.05, 0) is 23.8 Å². The van der Waals surface area contributed by atoms with Crippen LogP contribution in [0.4, 0.5) is 10.6 Å². The number of aromatic nitrogens is 2. The van der Waals surface area contributed by atoms with Gasteiger partial charge in [-0.2, -0.15) is 5.10 Å². The number of rotatable bonds is 4. The molecule has 0 aliphatic rings. The van der Waals surface area contributed by atoms with Crippen molar-refractivity contribution in [2.24, 2.45) is 0 Å². The molecular weight excluding hydrogens is 436 g/mol. The van der Waals surface area contributed by atoms with Gasteiger partial charge in [-0.1, -0.05) is 67.2 Å². The highest BCUT2D eigenvalue weighted by Crippen LogP contribution is 2.29. The number of ether oxygens (including phenoxy) is 1. The maximum Gasteiger partial charge on any atom is 0.412 e. The summed E-state index contributed by atoms with van der Waals surface area (Å²) in [5, 5.41) is 17.0. The number of anilines is 1. The van der Waals surface area contributed by atoms with E-state index in [1.54, 1.807) is 24.3 Å². The van der Waals surface area contributed by atoms with Crippen LogP contribution in [0.5, 0.6) is 0 Å². The molecule has 0 radical (unpaired) electrons. The molecule has 148 valence electrons. The number of hydrogen-bond acceptors (Lipinski definition) is 4. The molecule has 0 aliphatic carbocycles. The number of hydrogen-bond donors (Lipinski definition) is 2. The summed E-state index contributed by atoms with van der Waals surface area (Å²) in [6.45, 7) is 5.34. The largest absolute Gasteiger partial charge is 0.445 e. The number of nitrogens with zero attached hydrogens (tertiary/aromatic N) is 2. The van der Waals surface area contributed by atoms with Crippen LogP contribution in [0.25, 0.3) is 5.69 Å². The minimum absolute atomic E-state index is 0.228. The summed E-state index contributed by atoms with van der Waals surface area (Å²) in [5.74, 6) is 0.362. The Morgan fingerprint density at radius 2 is 1.93 bits per heavy atom. The maximum atomic E-state index is 12.1. The number of benzene rings is 1. The quantitative estimate of drug-likeness (QED) is 0.619. The van der Waals surface area contributed by atoms with Crippen molar-refractivity contribution in [3.05, 3.63) is 40.5 Å². The summed E-state index contributed by atoms with van der Waals surface area (Å²) in [7, 11) is 0. The Morgan fingerprint density at radius 3 is 2.48 bits per heavy atom. The molecule has 0 saturated heterocycles. The zero-order valence-electron chi connectivity index (χ0n) is 14.9. The van der Waals surface area contributed by atoms with Crippen molar-refractivity contribution in [3.63, 3.8) is 0 Å². The van der Waals surface area contributed by atoms with Gasteiger partial charge in [0.15, 0.2) is 0 Å². The first-order valence-electron chi connectivity index (χ1n) is 7.91. The number of aliphatic hydroxyl groups excluding tert-OH is 1. The van der Waals surface area contributed by atoms with Crippen LogP contribution in [-0.4, -0.2) is 31.4 Å². The minimum atomic E-state index is -1.71. The zero-order valence-corrected chi connectivity index (χ0v) is 17.9. The van der Waals surface area contributed by atoms with Crippen molar-refractivity contribution in [1.29, 1.82) is 0 Å². The first kappa shape index (κ1) is 22.1. The van der Waals surface area contributed by atoms with Crippen LogP contribution >= 0.6 is 46.4 Å². The lowest BCUT2D eigenvalue weighted by Gasteiger charge is -2.14. The fourth-order valence-electron chi connectivity index (χ4n) is 2.14. The van der Waals surface area contributed by atoms with Gasteiger partial charge in [0, 0.05) is 16.5 Å². The number of alkyl halides is 3. The Kier molecular flexibility index (Phi) is 6.92. The molecule has 0 saturated carbocycles. The molecule has 2 rings (SSSR count). The van der Waals surface area contributed by atoms with Crippen LogP contribution in [0.15, 0.2) is 24.3 Å². The summed E-state index contributed by atoms with van der Waals surface area (Å²) >= 11 is 22.8. The van der Waals surface area contributed by atoms with E-state index in [9.17, 15) is 9.90 Å². The standard InChI is InChI=1S/C17H19Cl4N3O3/c1-16(2,3)13-7-14(22-15(26)27-9-17(19,20)21)24(23-13)11-4-5-12(18)10(6-11)8-25/h4-7,25H,8-9H2,1-3H3,(H,22,26). The van der Waals surface area contributed by atoms with E-state index in [0.29, 0.717) is 22.1 Å². The van der Waals surface area contributed by atoms with Crippen LogP contribution in [0.3, 0.4) is 0 Å². The van der Waals surface area contributed by atoms with E-state index < -0.39 is 16.5 Å². The highest BCUT2D eigenvalue weighted by atomic mass is 35.6. The average molecular weight is 455 g/mol. The van der Waals surface area contributed by atoms with E-state index in [2.05, 4.69) is 10.4 Å². The van der Waals surface area contributed by atoms with E-state index in [4.69, 9.17) is 51.1 Å². The number of amides is 1. The fraction of sp³-hybridized carbons (Fsp3) is 0.412. The van der Waals surface area contributed by atoms with E-state index >= 15 is 0 Å². The number of nitrogens with one attached hydrogen (secondary N) is 1. The van der Waals surface area contributed by atoms with E-state index in [0.717, 1.165) is 5.69 Å². The Labute approximate surface area is 177 Å². The summed E-state index contributed by atoms with van der Waals surface area (Å²) in [4.78, 5) is 12.1. The molecule has 10 heteroatoms. The topological polar surface area (TPSA) is 76.4 Å². The molecule has 1 aromatic carbocycles. The lowest BCUT2D eigenvalue weighted by atomic mass is 9.92. The highest BCUT2D eigenvalue weighted by molar-refractivity contribution is 6.67. The first-order valence-corrected chi connectivity index (χ1v) is 9.42. The molecule has 27 heavy (non-hydrogen) atoms. The molecule has 1 heterocycles. The van der Waals surface area contributed by atoms with Gasteiger partial charge in [0.1, 0.15) is 12.4 Å². The normalized spacial score (nSPS) is 12.1. The molecule has 1 amide bonds. The molecule has 0 aliphatic heterocycles. The predicted octanol–water partition coefficient (Wildman–Crippen LogP) is 5.23. The van der Waals surface area contributed by atoms with Crippen molar-refractivity contribution in [3.8, 4) is 5.69 Å². The third kappa shape index (κ3) is 6.16. The molecule has 0 unspecified atom stereocenters. The molecule has 1 aromatic heterocycles. The Bertz CT molecular complexity index is 826. The molecule has 0 atom stereocenters. The van der Waals surface area contributed by atoms with Crippen molar-refractivity contribution < 1.29 is 14.6 Å². The highest BCUT2D eigenvalue weighted by Gasteiger charge is 2.24. The Morgan fingerprint density at radius 1 is 1.26 bits per heavy atom. The third-order valence-corrected chi connectivity index (χ3v) is 4.22. The molecule has 2 N–H and O–H groups in total. The molecule has 2 aromatic rings. The van der Waals surface area contributed by atoms with Gasteiger partial charge in [0.2, 0.25) is 3.79 Å². The minimum Gasteiger partial charge on any atom is -0.445 e. The lowest BCUT2D eigenvalue weighted by molar-refractivity contribution is 0.163. The summed E-state index contributed by atoms with van der Waals surface area (Å²) in [6.07, 6.45) is -0.792. The molecule has 0 bridgehead atoms. The summed E-state index contributed by atoms with van der Waals surface area (Å²) in [6, 6.07) is 6.77. The third-order valence-electron chi connectivity index (χ3n) is 3.52. The van der Waals surface area contributed by atoms with E-state index in [-0.39, 0.29) is 12.0 Å². The molecular formula is C17H19Cl4N3O3. The van der Waals surface area contributed by atoms with Gasteiger partial charge >= 0.3 is 6.09 Å². The van der Waals surface area contributed by atoms with Gasteiger partial charge in [-0.3, -0.25) is 5.32 Å². The van der Waals surface area contributed by atoms with E-state index in [1.807, 2.05) is 20.8 Å². The van der Waals surface area contributed by atoms with Crippen LogP contribution < -0.4 is 5.32 Å². The van der Waals surface area contributed by atoms with Gasteiger partial charge in [-0.25, -0.2) is 9.48 Å². The van der Waals surface area contributed by atoms with Gasteiger partial charge < -0.3 is 9.84 Å². The molecule has 0 fully saturated rings. The Balaban J connectivity index is 2.38. The molecule has 6 nitrogen and oxygen atoms in total. The predicted molar refractivity (Wildman–Crippen MR) is 108 cm³/mol. The SMILES string of the molecule is CC(C)(C)c1cc(NC(=O)OCC(Cl)(Cl)Cl)n(-c2ccc(Cl)c(CO)c2)n1. The molecule has 0 spiro atoms. The Hall–Kier alpha value is -1.18. The van der Waals surface area contributed by atoms with Crippen LogP contribution in [0.2, 0.25) is 5.02 Å². The number of carbonyl (C=O) groups excluding carboxylic acids is 1. The van der Waals surface area contributed by atoms with Crippen LogP contribution in [0.1, 0.15) is 32.0 Å². The van der Waals surface area contributed by atoms with Crippen molar-refractivity contribution in [1.82, 2.24) is 9.78 Å². The lowest BCUT2D eigenvalue weighted by Crippen LogP contribution is -2.22. The summed E-state index contributed by atoms with van der Waals surface area (Å²) in [5.41, 5.74) is 1.61. The van der Waals surface area contributed by atoms with Gasteiger partial charge in [-0.15, -0.1) is 0 Å². The van der Waals surface area contributed by atoms with Gasteiger partial charge in [0.25, 0.3) is 0 Å². The second kappa shape index (κ2) is 8.45. The number of aliphatic hydroxyl groups is 1. The number of carbonyl (C=O) groups is 1. The maximum absolute atomic E-state index is 12.1. The smallest absolute Gasteiger partial charge is 0.412 e. The van der Waals surface area contributed by atoms with Crippen molar-refractivity contribution in [2.45, 2.75) is 36.6 Å². The van der Waals surface area contributed by atoms with E-state index in [1.165, 1.54) is 4.68 Å². The monoisotopic (exact) mass is 453 g/mol. The van der Waals surface area contributed by atoms with Crippen LogP contribution in [-0.2, 0) is 16.8 Å². The second-order valence-corrected chi connectivity index (χ2v) is 9.75. The van der Waals surface area contributed by atoms with Gasteiger partial charge in [0.05, 0.1) is 18.0 Å². The second-order valence-electron chi connectivity index (χ2n) is 6.83. The average Bonchev–Trinajstić information content (AvgIpc) is 2.97. The number of halogens is 4. The van der Waals surface area contributed by atoms with Crippen molar-refractivity contribution in [2.75, 3.05) is 11.9 Å². The fourth-order valence-corrected chi connectivity index (χ4v) is 2.48. The van der Waals surface area contributed by atoms with Crippen molar-refractivity contribution >= 4 is 58.3 Å². The van der Waals surface area contributed by atoms with Crippen LogP contribution in [0, 0.1) is 0 Å². The zero-order chi connectivity index (χ0) is 20.4. The summed E-state index contributed by atoms with van der Waals surface area (Å²) < 4.78 is 4.72.